The zero-order chi connectivity index (χ0) is 16.6. The van der Waals surface area contributed by atoms with Crippen molar-refractivity contribution in [2.45, 2.75) is 20.3 Å². The Morgan fingerprint density at radius 3 is 2.57 bits per heavy atom. The number of rotatable bonds is 3. The van der Waals surface area contributed by atoms with Gasteiger partial charge in [0.05, 0.1) is 5.39 Å². The number of para-hydroxylation sites is 1. The Morgan fingerprint density at radius 1 is 1.13 bits per heavy atom. The minimum atomic E-state index is -1.11. The third kappa shape index (κ3) is 2.42. The number of carbonyl (C=O) groups is 1. The summed E-state index contributed by atoms with van der Waals surface area (Å²) in [5.74, 6) is -0.675. The zero-order valence-corrected chi connectivity index (χ0v) is 12.9. The molecule has 3 rings (SSSR count). The molecule has 0 bridgehead atoms. The molecule has 0 atom stereocenters. The second kappa shape index (κ2) is 5.72. The van der Waals surface area contributed by atoms with Gasteiger partial charge in [-0.25, -0.2) is 4.79 Å². The summed E-state index contributed by atoms with van der Waals surface area (Å²) in [7, 11) is 0. The largest absolute Gasteiger partial charge is 0.478 e. The summed E-state index contributed by atoms with van der Waals surface area (Å²) in [6, 6.07) is 12.3. The van der Waals surface area contributed by atoms with Crippen molar-refractivity contribution in [1.82, 2.24) is 0 Å². The number of hydrogen-bond acceptors (Lipinski definition) is 3. The summed E-state index contributed by atoms with van der Waals surface area (Å²) < 4.78 is 5.91. The summed E-state index contributed by atoms with van der Waals surface area (Å²) in [5, 5.41) is 9.64. The molecule has 1 heterocycles. The van der Waals surface area contributed by atoms with Gasteiger partial charge in [-0.15, -0.1) is 0 Å². The van der Waals surface area contributed by atoms with E-state index in [1.54, 1.807) is 19.1 Å². The fourth-order valence-corrected chi connectivity index (χ4v) is 2.79. The van der Waals surface area contributed by atoms with Crippen molar-refractivity contribution in [1.29, 1.82) is 0 Å². The number of aromatic carboxylic acids is 1. The SMILES string of the molecule is CCc1ccccc1-c1oc2c(C(=O)O)cccc2c(=O)c1C. The minimum Gasteiger partial charge on any atom is -0.478 e. The second-order valence-corrected chi connectivity index (χ2v) is 5.38. The fourth-order valence-electron chi connectivity index (χ4n) is 2.79. The van der Waals surface area contributed by atoms with Crippen LogP contribution in [0.25, 0.3) is 22.3 Å². The normalized spacial score (nSPS) is 10.9. The van der Waals surface area contributed by atoms with Crippen LogP contribution in [0.15, 0.2) is 51.7 Å². The van der Waals surface area contributed by atoms with Crippen molar-refractivity contribution in [2.24, 2.45) is 0 Å². The van der Waals surface area contributed by atoms with E-state index in [2.05, 4.69) is 0 Å². The molecule has 0 saturated heterocycles. The average molecular weight is 308 g/mol. The fraction of sp³-hybridized carbons (Fsp3) is 0.158. The maximum Gasteiger partial charge on any atom is 0.339 e. The zero-order valence-electron chi connectivity index (χ0n) is 12.9. The molecule has 0 fully saturated rings. The Morgan fingerprint density at radius 2 is 1.87 bits per heavy atom. The summed E-state index contributed by atoms with van der Waals surface area (Å²) in [5.41, 5.74) is 2.28. The van der Waals surface area contributed by atoms with Crippen molar-refractivity contribution in [3.63, 3.8) is 0 Å². The molecule has 0 spiro atoms. The first-order chi connectivity index (χ1) is 11.0. The second-order valence-electron chi connectivity index (χ2n) is 5.38. The first-order valence-corrected chi connectivity index (χ1v) is 7.42. The molecule has 0 unspecified atom stereocenters. The van der Waals surface area contributed by atoms with Gasteiger partial charge in [0.15, 0.2) is 11.0 Å². The summed E-state index contributed by atoms with van der Waals surface area (Å²) in [6.07, 6.45) is 0.790. The van der Waals surface area contributed by atoms with Crippen LogP contribution in [0.3, 0.4) is 0 Å². The number of hydrogen-bond donors (Lipinski definition) is 1. The molecule has 4 nitrogen and oxygen atoms in total. The van der Waals surface area contributed by atoms with E-state index in [4.69, 9.17) is 4.42 Å². The summed E-state index contributed by atoms with van der Waals surface area (Å²) in [6.45, 7) is 3.73. The molecule has 1 aromatic heterocycles. The number of fused-ring (bicyclic) bond motifs is 1. The van der Waals surface area contributed by atoms with Crippen LogP contribution in [0, 0.1) is 6.92 Å². The monoisotopic (exact) mass is 308 g/mol. The van der Waals surface area contributed by atoms with Gasteiger partial charge in [0, 0.05) is 11.1 Å². The summed E-state index contributed by atoms with van der Waals surface area (Å²) in [4.78, 5) is 24.1. The van der Waals surface area contributed by atoms with E-state index < -0.39 is 5.97 Å². The van der Waals surface area contributed by atoms with Crippen LogP contribution in [0.5, 0.6) is 0 Å². The van der Waals surface area contributed by atoms with E-state index in [1.807, 2.05) is 31.2 Å². The van der Waals surface area contributed by atoms with Crippen LogP contribution in [0.2, 0.25) is 0 Å². The minimum absolute atomic E-state index is 0.00479. The van der Waals surface area contributed by atoms with Crippen molar-refractivity contribution in [3.8, 4) is 11.3 Å². The van der Waals surface area contributed by atoms with Gasteiger partial charge in [0.2, 0.25) is 0 Å². The van der Waals surface area contributed by atoms with Crippen LogP contribution in [-0.2, 0) is 6.42 Å². The maximum atomic E-state index is 12.6. The predicted octanol–water partition coefficient (Wildman–Crippen LogP) is 4.03. The molecular formula is C19H16O4. The average Bonchev–Trinajstić information content (AvgIpc) is 2.57. The Labute approximate surface area is 133 Å². The Balaban J connectivity index is 2.43. The molecule has 23 heavy (non-hydrogen) atoms. The van der Waals surface area contributed by atoms with E-state index in [9.17, 15) is 14.7 Å². The van der Waals surface area contributed by atoms with Gasteiger partial charge in [-0.2, -0.15) is 0 Å². The number of carboxylic acid groups (broad SMARTS) is 1. The topological polar surface area (TPSA) is 67.5 Å². The Bertz CT molecular complexity index is 967. The number of carboxylic acids is 1. The van der Waals surface area contributed by atoms with Crippen LogP contribution in [0.1, 0.15) is 28.4 Å². The molecule has 0 aliphatic rings. The quantitative estimate of drug-likeness (QED) is 0.793. The third-order valence-corrected chi connectivity index (χ3v) is 4.02. The van der Waals surface area contributed by atoms with Crippen LogP contribution >= 0.6 is 0 Å². The highest BCUT2D eigenvalue weighted by atomic mass is 16.4. The standard InChI is InChI=1S/C19H16O4/c1-3-12-7-4-5-8-13(12)17-11(2)16(20)14-9-6-10-15(19(21)22)18(14)23-17/h4-10H,3H2,1-2H3,(H,21,22). The highest BCUT2D eigenvalue weighted by Gasteiger charge is 2.18. The molecule has 2 aromatic carbocycles. The smallest absolute Gasteiger partial charge is 0.339 e. The van der Waals surface area contributed by atoms with Crippen LogP contribution < -0.4 is 5.43 Å². The van der Waals surface area contributed by atoms with Crippen molar-refractivity contribution >= 4 is 16.9 Å². The molecule has 0 radical (unpaired) electrons. The van der Waals surface area contributed by atoms with Crippen LogP contribution in [-0.4, -0.2) is 11.1 Å². The van der Waals surface area contributed by atoms with Gasteiger partial charge in [-0.3, -0.25) is 4.79 Å². The lowest BCUT2D eigenvalue weighted by atomic mass is 9.99. The lowest BCUT2D eigenvalue weighted by Gasteiger charge is -2.11. The van der Waals surface area contributed by atoms with E-state index >= 15 is 0 Å². The Kier molecular flexibility index (Phi) is 3.74. The third-order valence-electron chi connectivity index (χ3n) is 4.02. The van der Waals surface area contributed by atoms with E-state index in [0.717, 1.165) is 17.5 Å². The van der Waals surface area contributed by atoms with E-state index in [1.165, 1.54) is 6.07 Å². The highest BCUT2D eigenvalue weighted by molar-refractivity contribution is 6.01. The van der Waals surface area contributed by atoms with Crippen molar-refractivity contribution < 1.29 is 14.3 Å². The van der Waals surface area contributed by atoms with Gasteiger partial charge in [0.1, 0.15) is 11.3 Å². The lowest BCUT2D eigenvalue weighted by Crippen LogP contribution is -2.10. The lowest BCUT2D eigenvalue weighted by molar-refractivity contribution is 0.0698. The van der Waals surface area contributed by atoms with Gasteiger partial charge in [-0.1, -0.05) is 37.3 Å². The molecule has 0 saturated carbocycles. The van der Waals surface area contributed by atoms with E-state index in [0.29, 0.717) is 16.7 Å². The Hall–Kier alpha value is -2.88. The van der Waals surface area contributed by atoms with Crippen molar-refractivity contribution in [3.05, 3.63) is 69.4 Å². The molecule has 4 heteroatoms. The predicted molar refractivity (Wildman–Crippen MR) is 89.0 cm³/mol. The number of aryl methyl sites for hydroxylation is 1. The van der Waals surface area contributed by atoms with Gasteiger partial charge >= 0.3 is 5.97 Å². The van der Waals surface area contributed by atoms with Crippen LogP contribution in [0.4, 0.5) is 0 Å². The number of benzene rings is 2. The molecule has 1 N–H and O–H groups in total. The first kappa shape index (κ1) is 15.0. The van der Waals surface area contributed by atoms with Gasteiger partial charge < -0.3 is 9.52 Å². The molecule has 0 amide bonds. The molecule has 3 aromatic rings. The maximum absolute atomic E-state index is 12.6. The molecular weight excluding hydrogens is 292 g/mol. The van der Waals surface area contributed by atoms with E-state index in [-0.39, 0.29) is 16.6 Å². The molecule has 0 aliphatic carbocycles. The highest BCUT2D eigenvalue weighted by Crippen LogP contribution is 2.30. The van der Waals surface area contributed by atoms with Gasteiger partial charge in [0.25, 0.3) is 0 Å². The first-order valence-electron chi connectivity index (χ1n) is 7.42. The summed E-state index contributed by atoms with van der Waals surface area (Å²) >= 11 is 0. The van der Waals surface area contributed by atoms with Crippen molar-refractivity contribution in [2.75, 3.05) is 0 Å². The molecule has 0 aliphatic heterocycles. The molecule has 116 valence electrons. The van der Waals surface area contributed by atoms with Gasteiger partial charge in [-0.05, 0) is 31.0 Å².